The lowest BCUT2D eigenvalue weighted by Gasteiger charge is -2.09. The smallest absolute Gasteiger partial charge is 0.0931 e. The third-order valence-corrected chi connectivity index (χ3v) is 4.00. The number of rotatable bonds is 2. The predicted molar refractivity (Wildman–Crippen MR) is 74.9 cm³/mol. The molecule has 3 aromatic rings. The normalized spacial score (nSPS) is 12.8. The van der Waals surface area contributed by atoms with Crippen LogP contribution in [0.5, 0.6) is 0 Å². The van der Waals surface area contributed by atoms with Crippen molar-refractivity contribution in [3.63, 3.8) is 0 Å². The molecule has 1 aromatic carbocycles. The highest BCUT2D eigenvalue weighted by Gasteiger charge is 2.13. The molecule has 0 aliphatic heterocycles. The van der Waals surface area contributed by atoms with E-state index in [0.717, 1.165) is 25.9 Å². The fourth-order valence-corrected chi connectivity index (χ4v) is 2.84. The van der Waals surface area contributed by atoms with E-state index >= 15 is 0 Å². The van der Waals surface area contributed by atoms with Crippen LogP contribution in [-0.2, 0) is 0 Å². The molecule has 0 saturated carbocycles. The van der Waals surface area contributed by atoms with Gasteiger partial charge in [0.15, 0.2) is 0 Å². The number of hydrogen-bond acceptors (Lipinski definition) is 4. The maximum Gasteiger partial charge on any atom is 0.0931 e. The zero-order valence-corrected chi connectivity index (χ0v) is 10.9. The summed E-state index contributed by atoms with van der Waals surface area (Å²) >= 11 is 7.38. The van der Waals surface area contributed by atoms with Crippen LogP contribution in [0.25, 0.3) is 11.0 Å². The van der Waals surface area contributed by atoms with Gasteiger partial charge in [0.1, 0.15) is 0 Å². The summed E-state index contributed by atoms with van der Waals surface area (Å²) in [6.07, 6.45) is 1.72. The minimum atomic E-state index is -0.278. The van der Waals surface area contributed by atoms with Crippen LogP contribution in [0.1, 0.15) is 16.6 Å². The van der Waals surface area contributed by atoms with Crippen molar-refractivity contribution in [2.24, 2.45) is 5.73 Å². The Morgan fingerprint density at radius 2 is 1.89 bits per heavy atom. The van der Waals surface area contributed by atoms with Crippen LogP contribution in [0.15, 0.2) is 42.6 Å². The van der Waals surface area contributed by atoms with Crippen molar-refractivity contribution in [2.45, 2.75) is 6.04 Å². The first kappa shape index (κ1) is 11.6. The van der Waals surface area contributed by atoms with Gasteiger partial charge in [-0.3, -0.25) is 4.98 Å². The van der Waals surface area contributed by atoms with E-state index in [4.69, 9.17) is 17.3 Å². The zero-order chi connectivity index (χ0) is 12.5. The van der Waals surface area contributed by atoms with E-state index in [1.165, 1.54) is 11.3 Å². The van der Waals surface area contributed by atoms with Crippen molar-refractivity contribution in [1.29, 1.82) is 0 Å². The van der Waals surface area contributed by atoms with Crippen LogP contribution in [0.3, 0.4) is 0 Å². The highest BCUT2D eigenvalue weighted by Crippen LogP contribution is 2.28. The lowest BCUT2D eigenvalue weighted by molar-refractivity contribution is 0.846. The summed E-state index contributed by atoms with van der Waals surface area (Å²) in [7, 11) is 0. The molecule has 0 bridgehead atoms. The lowest BCUT2D eigenvalue weighted by Crippen LogP contribution is -2.12. The average molecular weight is 276 g/mol. The molecule has 18 heavy (non-hydrogen) atoms. The Morgan fingerprint density at radius 1 is 1.11 bits per heavy atom. The molecule has 3 nitrogen and oxygen atoms in total. The molecule has 0 saturated heterocycles. The van der Waals surface area contributed by atoms with E-state index in [1.54, 1.807) is 6.20 Å². The molecule has 0 aliphatic rings. The molecule has 0 spiro atoms. The number of hydrogen-bond donors (Lipinski definition) is 1. The van der Waals surface area contributed by atoms with Gasteiger partial charge in [-0.15, -0.1) is 11.3 Å². The van der Waals surface area contributed by atoms with Crippen LogP contribution < -0.4 is 5.73 Å². The highest BCUT2D eigenvalue weighted by atomic mass is 35.5. The summed E-state index contributed by atoms with van der Waals surface area (Å²) < 4.78 is 0.731. The molecule has 1 atom stereocenters. The maximum absolute atomic E-state index is 6.17. The minimum absolute atomic E-state index is 0.278. The summed E-state index contributed by atoms with van der Waals surface area (Å²) in [6.45, 7) is 0. The van der Waals surface area contributed by atoms with Crippen LogP contribution in [0.4, 0.5) is 0 Å². The molecular formula is C13H10ClN3S. The number of aromatic nitrogens is 2. The van der Waals surface area contributed by atoms with E-state index in [0.29, 0.717) is 0 Å². The second-order valence-electron chi connectivity index (χ2n) is 3.90. The summed E-state index contributed by atoms with van der Waals surface area (Å²) in [6, 6.07) is 11.2. The minimum Gasteiger partial charge on any atom is -0.318 e. The molecule has 0 amide bonds. The van der Waals surface area contributed by atoms with E-state index in [-0.39, 0.29) is 6.04 Å². The van der Waals surface area contributed by atoms with Gasteiger partial charge in [-0.2, -0.15) is 0 Å². The van der Waals surface area contributed by atoms with Gasteiger partial charge >= 0.3 is 0 Å². The van der Waals surface area contributed by atoms with Gasteiger partial charge in [0, 0.05) is 4.88 Å². The van der Waals surface area contributed by atoms with Gasteiger partial charge in [0.25, 0.3) is 0 Å². The number of thiophene rings is 1. The lowest BCUT2D eigenvalue weighted by atomic mass is 10.2. The molecule has 2 N–H and O–H groups in total. The van der Waals surface area contributed by atoms with Crippen molar-refractivity contribution >= 4 is 34.0 Å². The Labute approximate surface area is 113 Å². The molecule has 2 aromatic heterocycles. The van der Waals surface area contributed by atoms with Gasteiger partial charge < -0.3 is 5.73 Å². The summed E-state index contributed by atoms with van der Waals surface area (Å²) in [5.41, 5.74) is 8.65. The Balaban J connectivity index is 2.03. The Bertz CT molecular complexity index is 695. The van der Waals surface area contributed by atoms with E-state index in [9.17, 15) is 0 Å². The standard InChI is InChI=1S/C13H10ClN3S/c14-12-6-5-11(18-12)13(15)10-7-16-8-3-1-2-4-9(8)17-10/h1-7,13H,15H2. The molecule has 2 heterocycles. The first-order valence-electron chi connectivity index (χ1n) is 5.46. The van der Waals surface area contributed by atoms with Gasteiger partial charge in [0.2, 0.25) is 0 Å². The summed E-state index contributed by atoms with van der Waals surface area (Å²) in [4.78, 5) is 9.89. The van der Waals surface area contributed by atoms with Crippen LogP contribution in [-0.4, -0.2) is 9.97 Å². The second-order valence-corrected chi connectivity index (χ2v) is 5.65. The number of nitrogens with two attached hydrogens (primary N) is 1. The van der Waals surface area contributed by atoms with Crippen LogP contribution >= 0.6 is 22.9 Å². The first-order valence-corrected chi connectivity index (χ1v) is 6.66. The van der Waals surface area contributed by atoms with Crippen LogP contribution in [0.2, 0.25) is 4.34 Å². The maximum atomic E-state index is 6.17. The fraction of sp³-hybridized carbons (Fsp3) is 0.0769. The van der Waals surface area contributed by atoms with Gasteiger partial charge in [-0.1, -0.05) is 23.7 Å². The largest absolute Gasteiger partial charge is 0.318 e. The fourth-order valence-electron chi connectivity index (χ4n) is 1.76. The Kier molecular flexibility index (Phi) is 2.99. The molecular weight excluding hydrogens is 266 g/mol. The number of fused-ring (bicyclic) bond motifs is 1. The predicted octanol–water partition coefficient (Wildman–Crippen LogP) is 3.39. The molecule has 0 radical (unpaired) electrons. The third-order valence-electron chi connectivity index (χ3n) is 2.69. The Hall–Kier alpha value is -1.49. The van der Waals surface area contributed by atoms with Crippen molar-refractivity contribution in [1.82, 2.24) is 9.97 Å². The zero-order valence-electron chi connectivity index (χ0n) is 9.38. The quantitative estimate of drug-likeness (QED) is 0.780. The van der Waals surface area contributed by atoms with E-state index < -0.39 is 0 Å². The van der Waals surface area contributed by atoms with Crippen molar-refractivity contribution in [3.8, 4) is 0 Å². The Morgan fingerprint density at radius 3 is 2.61 bits per heavy atom. The van der Waals surface area contributed by atoms with Crippen molar-refractivity contribution in [3.05, 3.63) is 57.5 Å². The van der Waals surface area contributed by atoms with E-state index in [2.05, 4.69) is 9.97 Å². The molecule has 3 rings (SSSR count). The monoisotopic (exact) mass is 275 g/mol. The molecule has 0 fully saturated rings. The molecule has 1 unspecified atom stereocenters. The molecule has 5 heteroatoms. The van der Waals surface area contributed by atoms with Crippen molar-refractivity contribution in [2.75, 3.05) is 0 Å². The number of benzene rings is 1. The van der Waals surface area contributed by atoms with Crippen LogP contribution in [0, 0.1) is 0 Å². The first-order chi connectivity index (χ1) is 8.74. The summed E-state index contributed by atoms with van der Waals surface area (Å²) in [5.74, 6) is 0. The number of nitrogens with zero attached hydrogens (tertiary/aromatic N) is 2. The third kappa shape index (κ3) is 2.10. The average Bonchev–Trinajstić information content (AvgIpc) is 2.84. The molecule has 0 aliphatic carbocycles. The second kappa shape index (κ2) is 4.65. The number of para-hydroxylation sites is 2. The highest BCUT2D eigenvalue weighted by molar-refractivity contribution is 7.16. The van der Waals surface area contributed by atoms with Gasteiger partial charge in [-0.05, 0) is 24.3 Å². The van der Waals surface area contributed by atoms with Gasteiger partial charge in [-0.25, -0.2) is 4.98 Å². The number of halogens is 1. The van der Waals surface area contributed by atoms with Gasteiger partial charge in [0.05, 0.1) is 33.3 Å². The van der Waals surface area contributed by atoms with E-state index in [1.807, 2.05) is 36.4 Å². The SMILES string of the molecule is NC(c1cnc2ccccc2n1)c1ccc(Cl)s1. The molecule has 90 valence electrons. The van der Waals surface area contributed by atoms with Crippen molar-refractivity contribution < 1.29 is 0 Å². The topological polar surface area (TPSA) is 51.8 Å². The summed E-state index contributed by atoms with van der Waals surface area (Å²) in [5, 5.41) is 0.